The fourth-order valence-electron chi connectivity index (χ4n) is 0.945. The van der Waals surface area contributed by atoms with Crippen molar-refractivity contribution < 1.29 is 0 Å². The van der Waals surface area contributed by atoms with Gasteiger partial charge in [-0.15, -0.1) is 24.2 Å². The number of hydrogen-bond donors (Lipinski definition) is 2. The van der Waals surface area contributed by atoms with Gasteiger partial charge in [-0.3, -0.25) is 0 Å². The van der Waals surface area contributed by atoms with Crippen molar-refractivity contribution >= 4 is 40.8 Å². The Morgan fingerprint density at radius 3 is 2.33 bits per heavy atom. The van der Waals surface area contributed by atoms with Crippen molar-refractivity contribution in [2.45, 2.75) is 32.1 Å². The van der Waals surface area contributed by atoms with Gasteiger partial charge in [-0.05, 0) is 12.8 Å². The molecule has 0 atom stereocenters. The number of halogens is 1. The predicted molar refractivity (Wildman–Crippen MR) is 63.4 cm³/mol. The molecule has 0 heterocycles. The van der Waals surface area contributed by atoms with E-state index in [-0.39, 0.29) is 0 Å². The Morgan fingerprint density at radius 1 is 1.17 bits per heavy atom. The van der Waals surface area contributed by atoms with Crippen LogP contribution in [-0.2, 0) is 0 Å². The normalized spacial score (nSPS) is 9.83. The Hall–Kier alpha value is 0.530. The first kappa shape index (κ1) is 12.5. The van der Waals surface area contributed by atoms with Gasteiger partial charge in [-0.2, -0.15) is 0 Å². The van der Waals surface area contributed by atoms with Gasteiger partial charge in [-0.25, -0.2) is 0 Å². The fourth-order valence-corrected chi connectivity index (χ4v) is 1.35. The van der Waals surface area contributed by atoms with E-state index >= 15 is 0 Å². The zero-order chi connectivity index (χ0) is 9.23. The third kappa shape index (κ3) is 10.5. The maximum absolute atomic E-state index is 5.54. The molecule has 0 aliphatic carbocycles. The average Bonchev–Trinajstić information content (AvgIpc) is 2.02. The van der Waals surface area contributed by atoms with Crippen LogP contribution in [0.25, 0.3) is 0 Å². The molecule has 1 nitrogen and oxygen atoms in total. The summed E-state index contributed by atoms with van der Waals surface area (Å²) in [5.74, 6) is 0.791. The highest BCUT2D eigenvalue weighted by molar-refractivity contribution is 8.11. The number of alkyl halides is 1. The van der Waals surface area contributed by atoms with Gasteiger partial charge in [0.2, 0.25) is 0 Å². The first-order valence-electron chi connectivity index (χ1n) is 4.30. The van der Waals surface area contributed by atoms with Crippen molar-refractivity contribution in [1.29, 1.82) is 0 Å². The highest BCUT2D eigenvalue weighted by atomic mass is 35.5. The maximum atomic E-state index is 5.54. The van der Waals surface area contributed by atoms with Gasteiger partial charge < -0.3 is 5.32 Å². The summed E-state index contributed by atoms with van der Waals surface area (Å²) in [7, 11) is 0. The molecule has 0 radical (unpaired) electrons. The van der Waals surface area contributed by atoms with Gasteiger partial charge in [0.25, 0.3) is 0 Å². The molecule has 0 aromatic carbocycles. The molecule has 0 aliphatic heterocycles. The third-order valence-corrected chi connectivity index (χ3v) is 2.16. The van der Waals surface area contributed by atoms with Crippen LogP contribution in [0.4, 0.5) is 0 Å². The van der Waals surface area contributed by atoms with Gasteiger partial charge in [0.05, 0.1) is 0 Å². The molecule has 0 spiro atoms. The quantitative estimate of drug-likeness (QED) is 0.299. The van der Waals surface area contributed by atoms with Gasteiger partial charge in [0, 0.05) is 12.4 Å². The highest BCUT2D eigenvalue weighted by Gasteiger charge is 1.90. The third-order valence-electron chi connectivity index (χ3n) is 1.59. The number of rotatable bonds is 7. The zero-order valence-corrected chi connectivity index (χ0v) is 9.65. The molecule has 0 amide bonds. The van der Waals surface area contributed by atoms with Crippen molar-refractivity contribution in [1.82, 2.24) is 5.32 Å². The minimum absolute atomic E-state index is 0.593. The summed E-state index contributed by atoms with van der Waals surface area (Å²) in [5.41, 5.74) is 0. The van der Waals surface area contributed by atoms with Gasteiger partial charge in [-0.1, -0.05) is 31.5 Å². The number of nitrogens with one attached hydrogen (secondary N) is 1. The second-order valence-corrected chi connectivity index (χ2v) is 4.22. The Morgan fingerprint density at radius 2 is 1.75 bits per heavy atom. The van der Waals surface area contributed by atoms with Crippen molar-refractivity contribution in [3.63, 3.8) is 0 Å². The van der Waals surface area contributed by atoms with Crippen molar-refractivity contribution in [3.8, 4) is 0 Å². The van der Waals surface area contributed by atoms with Crippen LogP contribution in [0.2, 0.25) is 0 Å². The smallest absolute Gasteiger partial charge is 0.130 e. The van der Waals surface area contributed by atoms with E-state index in [9.17, 15) is 0 Å². The summed E-state index contributed by atoms with van der Waals surface area (Å²) in [6.45, 7) is 0.948. The number of thiocarbonyl (C=S) groups is 1. The lowest BCUT2D eigenvalue weighted by molar-refractivity contribution is 0.628. The van der Waals surface area contributed by atoms with Gasteiger partial charge in [0.1, 0.15) is 4.32 Å². The first-order chi connectivity index (χ1) is 5.77. The molecule has 1 N–H and O–H groups in total. The molecule has 0 saturated heterocycles. The molecule has 72 valence electrons. The molecule has 0 aromatic heterocycles. The summed E-state index contributed by atoms with van der Waals surface area (Å²) >= 11 is 14.3. The van der Waals surface area contributed by atoms with E-state index in [2.05, 4.69) is 17.9 Å². The summed E-state index contributed by atoms with van der Waals surface area (Å²) in [6, 6.07) is 0. The Balaban J connectivity index is 2.86. The maximum Gasteiger partial charge on any atom is 0.130 e. The predicted octanol–water partition coefficient (Wildman–Crippen LogP) is 2.98. The van der Waals surface area contributed by atoms with Crippen LogP contribution in [-0.4, -0.2) is 16.7 Å². The van der Waals surface area contributed by atoms with E-state index in [0.717, 1.165) is 18.8 Å². The van der Waals surface area contributed by atoms with Crippen LogP contribution >= 0.6 is 36.4 Å². The number of thiol groups is 1. The molecular weight excluding hydrogens is 210 g/mol. The van der Waals surface area contributed by atoms with E-state index < -0.39 is 0 Å². The molecule has 12 heavy (non-hydrogen) atoms. The van der Waals surface area contributed by atoms with Crippen LogP contribution in [0.15, 0.2) is 0 Å². The molecule has 0 bridgehead atoms. The molecule has 0 saturated carbocycles. The van der Waals surface area contributed by atoms with Crippen LogP contribution in [0.3, 0.4) is 0 Å². The van der Waals surface area contributed by atoms with E-state index in [1.807, 2.05) is 0 Å². The Kier molecular flexibility index (Phi) is 10.0. The monoisotopic (exact) mass is 225 g/mol. The molecule has 0 rings (SSSR count). The Labute approximate surface area is 90.7 Å². The lowest BCUT2D eigenvalue weighted by Crippen LogP contribution is -2.17. The minimum atomic E-state index is 0.593. The lowest BCUT2D eigenvalue weighted by Gasteiger charge is -2.02. The standard InChI is InChI=1S/C8H16ClNS2/c9-6-4-2-1-3-5-7-10-8(11)12/h1-7H2,(H2,10,11,12). The van der Waals surface area contributed by atoms with Crippen molar-refractivity contribution in [3.05, 3.63) is 0 Å². The van der Waals surface area contributed by atoms with Crippen molar-refractivity contribution in [2.24, 2.45) is 0 Å². The fraction of sp³-hybridized carbons (Fsp3) is 0.875. The molecule has 4 heteroatoms. The van der Waals surface area contributed by atoms with Gasteiger partial charge in [0.15, 0.2) is 0 Å². The number of hydrogen-bond acceptors (Lipinski definition) is 1. The summed E-state index contributed by atoms with van der Waals surface area (Å²) in [4.78, 5) is 0. The van der Waals surface area contributed by atoms with Crippen LogP contribution < -0.4 is 5.32 Å². The summed E-state index contributed by atoms with van der Waals surface area (Å²) in [6.07, 6.45) is 6.08. The zero-order valence-electron chi connectivity index (χ0n) is 7.18. The second kappa shape index (κ2) is 9.62. The average molecular weight is 226 g/mol. The molecular formula is C8H16ClNS2. The first-order valence-corrected chi connectivity index (χ1v) is 5.69. The van der Waals surface area contributed by atoms with Crippen molar-refractivity contribution in [2.75, 3.05) is 12.4 Å². The molecule has 0 unspecified atom stereocenters. The second-order valence-electron chi connectivity index (χ2n) is 2.69. The van der Waals surface area contributed by atoms with Crippen LogP contribution in [0, 0.1) is 0 Å². The van der Waals surface area contributed by atoms with E-state index in [1.165, 1.54) is 25.7 Å². The minimum Gasteiger partial charge on any atom is -0.371 e. The molecule has 0 aromatic rings. The van der Waals surface area contributed by atoms with Crippen LogP contribution in [0.5, 0.6) is 0 Å². The molecule has 0 fully saturated rings. The van der Waals surface area contributed by atoms with Crippen LogP contribution in [0.1, 0.15) is 32.1 Å². The lowest BCUT2D eigenvalue weighted by atomic mass is 10.1. The topological polar surface area (TPSA) is 12.0 Å². The largest absolute Gasteiger partial charge is 0.371 e. The highest BCUT2D eigenvalue weighted by Crippen LogP contribution is 2.03. The summed E-state index contributed by atoms with van der Waals surface area (Å²) < 4.78 is 0.593. The summed E-state index contributed by atoms with van der Waals surface area (Å²) in [5, 5.41) is 3.01. The molecule has 0 aliphatic rings. The van der Waals surface area contributed by atoms with E-state index in [4.69, 9.17) is 23.8 Å². The van der Waals surface area contributed by atoms with E-state index in [0.29, 0.717) is 4.32 Å². The Bertz CT molecular complexity index is 120. The SMILES string of the molecule is S=C(S)NCCCCCCCCl. The van der Waals surface area contributed by atoms with Gasteiger partial charge >= 0.3 is 0 Å². The number of unbranched alkanes of at least 4 members (excludes halogenated alkanes) is 4. The van der Waals surface area contributed by atoms with E-state index in [1.54, 1.807) is 0 Å².